The molecule has 55 heavy (non-hydrogen) atoms. The highest BCUT2D eigenvalue weighted by atomic mass is 16.5. The summed E-state index contributed by atoms with van der Waals surface area (Å²) in [5, 5.41) is 4.61. The summed E-state index contributed by atoms with van der Waals surface area (Å²) in [5.41, 5.74) is 13.0. The molecule has 1 aromatic heterocycles. The van der Waals surface area contributed by atoms with Crippen molar-refractivity contribution in [3.8, 4) is 39.1 Å². The second-order valence-electron chi connectivity index (χ2n) is 14.4. The number of ether oxygens (including phenoxy) is 1. The molecule has 8 aromatic carbocycles. The molecule has 0 saturated heterocycles. The van der Waals surface area contributed by atoms with Crippen LogP contribution < -0.4 is 9.64 Å². The molecule has 3 nitrogen and oxygen atoms in total. The van der Waals surface area contributed by atoms with Gasteiger partial charge in [-0.2, -0.15) is 0 Å². The van der Waals surface area contributed by atoms with Gasteiger partial charge in [0.1, 0.15) is 23.0 Å². The summed E-state index contributed by atoms with van der Waals surface area (Å²) in [7, 11) is 0. The standard InChI is InChI=1S/C52H35NO2/c1-2-12-34(13-3-1)35-24-28-39(29-25-35)53(40-30-26-36(27-31-40)41-18-10-20-45-43-17-7-9-23-49(43)54-51(41)45)48-22-8-6-16-42(48)44-19-11-21-46-47-32-37-14-4-5-15-38(37)33-50(47)55-52(44)46/h1-33,43,49H. The number of fused-ring (bicyclic) bond motifs is 7. The lowest BCUT2D eigenvalue weighted by Gasteiger charge is -2.28. The number of para-hydroxylation sites is 3. The predicted octanol–water partition coefficient (Wildman–Crippen LogP) is 14.2. The molecule has 0 N–H and O–H groups in total. The molecule has 260 valence electrons. The minimum Gasteiger partial charge on any atom is -0.484 e. The molecule has 1 aliphatic carbocycles. The van der Waals surface area contributed by atoms with Gasteiger partial charge in [-0.1, -0.05) is 152 Å². The summed E-state index contributed by atoms with van der Waals surface area (Å²) in [6.45, 7) is 0. The van der Waals surface area contributed by atoms with Crippen LogP contribution in [0.1, 0.15) is 11.5 Å². The van der Waals surface area contributed by atoms with E-state index in [0.717, 1.165) is 67.0 Å². The minimum atomic E-state index is 0.0431. The van der Waals surface area contributed by atoms with E-state index in [-0.39, 0.29) is 12.0 Å². The van der Waals surface area contributed by atoms with Gasteiger partial charge in [0, 0.05) is 50.3 Å². The zero-order valence-electron chi connectivity index (χ0n) is 30.0. The largest absolute Gasteiger partial charge is 0.484 e. The summed E-state index contributed by atoms with van der Waals surface area (Å²) in [6, 6.07) is 62.9. The third-order valence-corrected chi connectivity index (χ3v) is 11.2. The molecular weight excluding hydrogens is 671 g/mol. The molecule has 0 fully saturated rings. The van der Waals surface area contributed by atoms with Gasteiger partial charge >= 0.3 is 0 Å². The van der Waals surface area contributed by atoms with E-state index in [4.69, 9.17) is 9.15 Å². The molecule has 9 aromatic rings. The average molecular weight is 706 g/mol. The van der Waals surface area contributed by atoms with Crippen LogP contribution in [0.3, 0.4) is 0 Å². The third-order valence-electron chi connectivity index (χ3n) is 11.2. The Morgan fingerprint density at radius 3 is 1.91 bits per heavy atom. The topological polar surface area (TPSA) is 25.6 Å². The summed E-state index contributed by atoms with van der Waals surface area (Å²) in [6.07, 6.45) is 8.65. The minimum absolute atomic E-state index is 0.0431. The molecule has 2 atom stereocenters. The van der Waals surface area contributed by atoms with Crippen molar-refractivity contribution in [3.63, 3.8) is 0 Å². The van der Waals surface area contributed by atoms with Crippen LogP contribution in [-0.2, 0) is 0 Å². The number of rotatable bonds is 6. The lowest BCUT2D eigenvalue weighted by Crippen LogP contribution is -2.15. The first-order valence-corrected chi connectivity index (χ1v) is 18.9. The van der Waals surface area contributed by atoms with Gasteiger partial charge in [-0.25, -0.2) is 0 Å². The van der Waals surface area contributed by atoms with Gasteiger partial charge in [0.05, 0.1) is 5.69 Å². The fourth-order valence-corrected chi connectivity index (χ4v) is 8.53. The maximum atomic E-state index is 6.75. The number of hydrogen-bond donors (Lipinski definition) is 0. The second-order valence-corrected chi connectivity index (χ2v) is 14.4. The molecule has 0 bridgehead atoms. The van der Waals surface area contributed by atoms with Gasteiger partial charge in [0.2, 0.25) is 0 Å². The van der Waals surface area contributed by atoms with E-state index in [0.29, 0.717) is 0 Å². The summed E-state index contributed by atoms with van der Waals surface area (Å²) >= 11 is 0. The first kappa shape index (κ1) is 31.4. The van der Waals surface area contributed by atoms with Gasteiger partial charge in [-0.05, 0) is 76.0 Å². The van der Waals surface area contributed by atoms with Crippen molar-refractivity contribution in [2.75, 3.05) is 4.90 Å². The quantitative estimate of drug-likeness (QED) is 0.172. The van der Waals surface area contributed by atoms with Crippen LogP contribution in [0.2, 0.25) is 0 Å². The average Bonchev–Trinajstić information content (AvgIpc) is 3.82. The van der Waals surface area contributed by atoms with E-state index in [1.165, 1.54) is 27.5 Å². The molecule has 0 spiro atoms. The number of allylic oxidation sites excluding steroid dienone is 2. The van der Waals surface area contributed by atoms with E-state index in [2.05, 4.69) is 205 Å². The maximum Gasteiger partial charge on any atom is 0.143 e. The smallest absolute Gasteiger partial charge is 0.143 e. The Kier molecular flexibility index (Phi) is 7.31. The third kappa shape index (κ3) is 5.27. The van der Waals surface area contributed by atoms with Gasteiger partial charge in [-0.15, -0.1) is 0 Å². The zero-order valence-corrected chi connectivity index (χ0v) is 30.0. The normalized spacial score (nSPS) is 15.6. The van der Waals surface area contributed by atoms with Crippen LogP contribution in [0.4, 0.5) is 17.1 Å². The van der Waals surface area contributed by atoms with E-state index < -0.39 is 0 Å². The molecule has 0 amide bonds. The number of furan rings is 1. The molecule has 2 aliphatic rings. The molecule has 11 rings (SSSR count). The Morgan fingerprint density at radius 2 is 1.09 bits per heavy atom. The van der Waals surface area contributed by atoms with E-state index in [1.807, 2.05) is 0 Å². The summed E-state index contributed by atoms with van der Waals surface area (Å²) in [5.74, 6) is 1.23. The number of benzene rings is 8. The van der Waals surface area contributed by atoms with E-state index in [9.17, 15) is 0 Å². The first-order valence-electron chi connectivity index (χ1n) is 18.9. The monoisotopic (exact) mass is 705 g/mol. The van der Waals surface area contributed by atoms with Crippen molar-refractivity contribution in [1.82, 2.24) is 0 Å². The van der Waals surface area contributed by atoms with Gasteiger partial charge < -0.3 is 14.1 Å². The SMILES string of the molecule is C1=CC2Oc3c(-c4ccc(N(c5ccc(-c6ccccc6)cc5)c5ccccc5-c5cccc6c5oc5cc7ccccc7cc56)cc4)cccc3C2C=C1. The van der Waals surface area contributed by atoms with E-state index >= 15 is 0 Å². The summed E-state index contributed by atoms with van der Waals surface area (Å²) < 4.78 is 13.3. The lowest BCUT2D eigenvalue weighted by molar-refractivity contribution is 0.270. The van der Waals surface area contributed by atoms with Crippen molar-refractivity contribution < 1.29 is 9.15 Å². The molecule has 2 unspecified atom stereocenters. The van der Waals surface area contributed by atoms with Crippen molar-refractivity contribution >= 4 is 49.8 Å². The number of anilines is 3. The lowest BCUT2D eigenvalue weighted by atomic mass is 9.90. The van der Waals surface area contributed by atoms with Crippen LogP contribution in [0.15, 0.2) is 205 Å². The molecule has 1 aliphatic heterocycles. The van der Waals surface area contributed by atoms with E-state index in [1.54, 1.807) is 0 Å². The van der Waals surface area contributed by atoms with Gasteiger partial charge in [-0.3, -0.25) is 0 Å². The first-order chi connectivity index (χ1) is 27.3. The molecule has 0 saturated carbocycles. The van der Waals surface area contributed by atoms with Crippen molar-refractivity contribution in [3.05, 3.63) is 206 Å². The van der Waals surface area contributed by atoms with Crippen LogP contribution >= 0.6 is 0 Å². The van der Waals surface area contributed by atoms with Crippen molar-refractivity contribution in [2.24, 2.45) is 0 Å². The van der Waals surface area contributed by atoms with Crippen molar-refractivity contribution in [1.29, 1.82) is 0 Å². The fraction of sp³-hybridized carbons (Fsp3) is 0.0385. The van der Waals surface area contributed by atoms with Crippen LogP contribution in [0.5, 0.6) is 5.75 Å². The van der Waals surface area contributed by atoms with Crippen molar-refractivity contribution in [2.45, 2.75) is 12.0 Å². The highest BCUT2D eigenvalue weighted by Crippen LogP contribution is 2.48. The molecule has 0 radical (unpaired) electrons. The van der Waals surface area contributed by atoms with Crippen LogP contribution in [0.25, 0.3) is 66.1 Å². The Labute approximate surface area is 319 Å². The Hall–Kier alpha value is -7.10. The van der Waals surface area contributed by atoms with Gasteiger partial charge in [0.15, 0.2) is 0 Å². The maximum absolute atomic E-state index is 6.75. The highest BCUT2D eigenvalue weighted by molar-refractivity contribution is 6.14. The Bertz CT molecular complexity index is 2950. The van der Waals surface area contributed by atoms with Crippen LogP contribution in [0, 0.1) is 0 Å². The van der Waals surface area contributed by atoms with Gasteiger partial charge in [0.25, 0.3) is 0 Å². The fourth-order valence-electron chi connectivity index (χ4n) is 8.53. The second kappa shape index (κ2) is 12.8. The number of hydrogen-bond acceptors (Lipinski definition) is 3. The highest BCUT2D eigenvalue weighted by Gasteiger charge is 2.33. The Balaban J connectivity index is 1.06. The predicted molar refractivity (Wildman–Crippen MR) is 228 cm³/mol. The number of nitrogens with zero attached hydrogens (tertiary/aromatic N) is 1. The Morgan fingerprint density at radius 1 is 0.455 bits per heavy atom. The van der Waals surface area contributed by atoms with Crippen LogP contribution in [-0.4, -0.2) is 6.10 Å². The molecule has 2 heterocycles. The molecule has 3 heteroatoms. The summed E-state index contributed by atoms with van der Waals surface area (Å²) in [4.78, 5) is 2.36. The molecular formula is C52H35NO2. The zero-order chi connectivity index (χ0) is 36.3.